The van der Waals surface area contributed by atoms with Crippen LogP contribution in [0.15, 0.2) is 53.4 Å². The molecule has 1 aliphatic heterocycles. The molecule has 29 heavy (non-hydrogen) atoms. The Morgan fingerprint density at radius 2 is 1.79 bits per heavy atom. The third-order valence-corrected chi connectivity index (χ3v) is 6.03. The van der Waals surface area contributed by atoms with E-state index in [-0.39, 0.29) is 10.8 Å². The van der Waals surface area contributed by atoms with Gasteiger partial charge in [0, 0.05) is 24.3 Å². The zero-order chi connectivity index (χ0) is 20.9. The van der Waals surface area contributed by atoms with Gasteiger partial charge in [0.25, 0.3) is 10.0 Å². The fourth-order valence-corrected chi connectivity index (χ4v) is 4.07. The molecule has 0 aliphatic carbocycles. The third kappa shape index (κ3) is 5.14. The normalized spacial score (nSPS) is 14.1. The molecule has 1 saturated heterocycles. The van der Waals surface area contributed by atoms with Crippen molar-refractivity contribution < 1.29 is 22.7 Å². The molecular formula is C21H24N2O5S. The van der Waals surface area contributed by atoms with Gasteiger partial charge in [0.2, 0.25) is 5.91 Å². The van der Waals surface area contributed by atoms with Crippen LogP contribution in [0.3, 0.4) is 0 Å². The zero-order valence-corrected chi connectivity index (χ0v) is 17.1. The molecule has 154 valence electrons. The van der Waals surface area contributed by atoms with Gasteiger partial charge in [-0.15, -0.1) is 0 Å². The monoisotopic (exact) mass is 416 g/mol. The highest BCUT2D eigenvalue weighted by molar-refractivity contribution is 7.92. The van der Waals surface area contributed by atoms with Gasteiger partial charge in [0.15, 0.2) is 0 Å². The van der Waals surface area contributed by atoms with Gasteiger partial charge in [-0.25, -0.2) is 13.2 Å². The van der Waals surface area contributed by atoms with E-state index in [1.165, 1.54) is 36.4 Å². The van der Waals surface area contributed by atoms with Crippen molar-refractivity contribution in [2.75, 3.05) is 22.8 Å². The Morgan fingerprint density at radius 1 is 1.10 bits per heavy atom. The summed E-state index contributed by atoms with van der Waals surface area (Å²) in [5.41, 5.74) is 1.40. The molecule has 7 nitrogen and oxygen atoms in total. The first-order valence-corrected chi connectivity index (χ1v) is 11.1. The number of ether oxygens (including phenoxy) is 1. The van der Waals surface area contributed by atoms with Gasteiger partial charge in [0.05, 0.1) is 17.1 Å². The van der Waals surface area contributed by atoms with E-state index in [0.29, 0.717) is 36.5 Å². The smallest absolute Gasteiger partial charge is 0.338 e. The molecule has 1 fully saturated rings. The van der Waals surface area contributed by atoms with Gasteiger partial charge >= 0.3 is 5.97 Å². The largest absolute Gasteiger partial charge is 0.462 e. The number of carbonyl (C=O) groups is 2. The number of nitrogens with one attached hydrogen (secondary N) is 1. The van der Waals surface area contributed by atoms with Crippen molar-refractivity contribution >= 4 is 33.3 Å². The number of nitrogens with zero attached hydrogens (tertiary/aromatic N) is 1. The van der Waals surface area contributed by atoms with Crippen LogP contribution in [0.4, 0.5) is 11.4 Å². The Morgan fingerprint density at radius 3 is 2.38 bits per heavy atom. The van der Waals surface area contributed by atoms with E-state index in [0.717, 1.165) is 19.3 Å². The Kier molecular flexibility index (Phi) is 6.53. The van der Waals surface area contributed by atoms with Crippen molar-refractivity contribution in [1.29, 1.82) is 0 Å². The fraction of sp³-hybridized carbons (Fsp3) is 0.333. The number of anilines is 2. The first kappa shape index (κ1) is 20.9. The lowest BCUT2D eigenvalue weighted by molar-refractivity contribution is -0.117. The minimum absolute atomic E-state index is 0.0482. The highest BCUT2D eigenvalue weighted by Crippen LogP contribution is 2.24. The van der Waals surface area contributed by atoms with E-state index in [4.69, 9.17) is 4.74 Å². The molecule has 1 N–H and O–H groups in total. The van der Waals surface area contributed by atoms with E-state index < -0.39 is 16.0 Å². The summed E-state index contributed by atoms with van der Waals surface area (Å²) in [5, 5.41) is 0. The van der Waals surface area contributed by atoms with E-state index in [1.54, 1.807) is 17.0 Å². The lowest BCUT2D eigenvalue weighted by atomic mass is 10.2. The summed E-state index contributed by atoms with van der Waals surface area (Å²) in [5.74, 6) is -0.382. The number of sulfonamides is 1. The second-order valence-corrected chi connectivity index (χ2v) is 8.50. The molecule has 2 aromatic carbocycles. The molecule has 1 amide bonds. The van der Waals surface area contributed by atoms with Gasteiger partial charge < -0.3 is 9.64 Å². The van der Waals surface area contributed by atoms with Crippen molar-refractivity contribution in [3.05, 3.63) is 54.1 Å². The number of benzene rings is 2. The maximum Gasteiger partial charge on any atom is 0.338 e. The van der Waals surface area contributed by atoms with Crippen LogP contribution < -0.4 is 9.62 Å². The number of esters is 1. The summed E-state index contributed by atoms with van der Waals surface area (Å²) in [6, 6.07) is 12.3. The number of hydrogen-bond donors (Lipinski definition) is 1. The van der Waals surface area contributed by atoms with Crippen LogP contribution >= 0.6 is 0 Å². The van der Waals surface area contributed by atoms with E-state index in [2.05, 4.69) is 4.72 Å². The lowest BCUT2D eigenvalue weighted by Crippen LogP contribution is -2.23. The minimum atomic E-state index is -3.79. The quantitative estimate of drug-likeness (QED) is 0.525. The standard InChI is InChI=1S/C21H24N2O5S/c1-2-3-15-28-21(25)16-6-8-17(9-7-16)22-29(26,27)19-12-10-18(11-13-19)23-14-4-5-20(23)24/h6-13,22H,2-5,14-15H2,1H3. The third-order valence-electron chi connectivity index (χ3n) is 4.64. The Hall–Kier alpha value is -2.87. The molecule has 0 unspecified atom stereocenters. The molecule has 1 aliphatic rings. The second-order valence-electron chi connectivity index (χ2n) is 6.82. The molecule has 1 heterocycles. The van der Waals surface area contributed by atoms with Crippen LogP contribution in [0.5, 0.6) is 0 Å². The van der Waals surface area contributed by atoms with Gasteiger partial charge in [-0.05, 0) is 61.4 Å². The molecule has 8 heteroatoms. The molecule has 0 radical (unpaired) electrons. The molecule has 0 aromatic heterocycles. The summed E-state index contributed by atoms with van der Waals surface area (Å²) in [6.07, 6.45) is 3.06. The highest BCUT2D eigenvalue weighted by Gasteiger charge is 2.22. The number of carbonyl (C=O) groups excluding carboxylic acids is 2. The lowest BCUT2D eigenvalue weighted by Gasteiger charge is -2.16. The number of rotatable bonds is 8. The number of unbranched alkanes of at least 4 members (excludes halogenated alkanes) is 1. The predicted octanol–water partition coefficient (Wildman–Crippen LogP) is 3.57. The predicted molar refractivity (Wildman–Crippen MR) is 110 cm³/mol. The van der Waals surface area contributed by atoms with Crippen LogP contribution in [0.2, 0.25) is 0 Å². The molecule has 3 rings (SSSR count). The summed E-state index contributed by atoms with van der Waals surface area (Å²) in [6.45, 7) is 3.02. The van der Waals surface area contributed by atoms with E-state index in [1.807, 2.05) is 6.92 Å². The Balaban J connectivity index is 1.66. The van der Waals surface area contributed by atoms with Crippen LogP contribution in [-0.4, -0.2) is 33.4 Å². The van der Waals surface area contributed by atoms with Crippen molar-refractivity contribution in [3.63, 3.8) is 0 Å². The van der Waals surface area contributed by atoms with Gasteiger partial charge in [0.1, 0.15) is 0 Å². The molecule has 2 aromatic rings. The van der Waals surface area contributed by atoms with Crippen molar-refractivity contribution in [1.82, 2.24) is 0 Å². The van der Waals surface area contributed by atoms with E-state index >= 15 is 0 Å². The first-order chi connectivity index (χ1) is 13.9. The zero-order valence-electron chi connectivity index (χ0n) is 16.3. The van der Waals surface area contributed by atoms with Gasteiger partial charge in [-0.2, -0.15) is 0 Å². The van der Waals surface area contributed by atoms with Crippen LogP contribution in [0.1, 0.15) is 43.0 Å². The Labute approximate surface area is 170 Å². The first-order valence-electron chi connectivity index (χ1n) is 9.61. The maximum absolute atomic E-state index is 12.6. The second kappa shape index (κ2) is 9.09. The van der Waals surface area contributed by atoms with Gasteiger partial charge in [-0.3, -0.25) is 9.52 Å². The number of amides is 1. The summed E-state index contributed by atoms with van der Waals surface area (Å²) < 4.78 is 32.8. The van der Waals surface area contributed by atoms with Crippen molar-refractivity contribution in [2.24, 2.45) is 0 Å². The molecule has 0 atom stereocenters. The SMILES string of the molecule is CCCCOC(=O)c1ccc(NS(=O)(=O)c2ccc(N3CCCC3=O)cc2)cc1. The average molecular weight is 416 g/mol. The summed E-state index contributed by atoms with van der Waals surface area (Å²) in [4.78, 5) is 25.5. The molecular weight excluding hydrogens is 392 g/mol. The Bertz CT molecular complexity index is 969. The van der Waals surface area contributed by atoms with E-state index in [9.17, 15) is 18.0 Å². The minimum Gasteiger partial charge on any atom is -0.462 e. The average Bonchev–Trinajstić information content (AvgIpc) is 3.14. The van der Waals surface area contributed by atoms with Crippen LogP contribution in [-0.2, 0) is 19.6 Å². The summed E-state index contributed by atoms with van der Waals surface area (Å²) in [7, 11) is -3.79. The number of hydrogen-bond acceptors (Lipinski definition) is 5. The summed E-state index contributed by atoms with van der Waals surface area (Å²) >= 11 is 0. The molecule has 0 saturated carbocycles. The highest BCUT2D eigenvalue weighted by atomic mass is 32.2. The molecule has 0 bridgehead atoms. The van der Waals surface area contributed by atoms with Crippen LogP contribution in [0.25, 0.3) is 0 Å². The van der Waals surface area contributed by atoms with Gasteiger partial charge in [-0.1, -0.05) is 13.3 Å². The maximum atomic E-state index is 12.6. The van der Waals surface area contributed by atoms with Crippen LogP contribution in [0, 0.1) is 0 Å². The topological polar surface area (TPSA) is 92.8 Å². The van der Waals surface area contributed by atoms with Crippen molar-refractivity contribution in [3.8, 4) is 0 Å². The van der Waals surface area contributed by atoms with Crippen molar-refractivity contribution in [2.45, 2.75) is 37.5 Å². The fourth-order valence-electron chi connectivity index (χ4n) is 3.01. The molecule has 0 spiro atoms.